The van der Waals surface area contributed by atoms with Crippen molar-refractivity contribution >= 4 is 46.5 Å². The molecule has 1 fully saturated rings. The first-order valence-corrected chi connectivity index (χ1v) is 9.69. The van der Waals surface area contributed by atoms with E-state index in [0.29, 0.717) is 29.5 Å². The summed E-state index contributed by atoms with van der Waals surface area (Å²) in [5.41, 5.74) is 1.43. The molecule has 1 saturated heterocycles. The van der Waals surface area contributed by atoms with Crippen LogP contribution >= 0.6 is 23.2 Å². The second-order valence-corrected chi connectivity index (χ2v) is 7.08. The van der Waals surface area contributed by atoms with Crippen molar-refractivity contribution in [2.75, 3.05) is 23.3 Å². The van der Waals surface area contributed by atoms with Crippen LogP contribution < -0.4 is 20.3 Å². The number of carbonyl (C=O) groups excluding carboxylic acids is 2. The van der Waals surface area contributed by atoms with Crippen molar-refractivity contribution in [3.05, 3.63) is 70.3 Å². The zero-order valence-corrected chi connectivity index (χ0v) is 16.9. The third-order valence-electron chi connectivity index (χ3n) is 4.30. The molecule has 3 amide bonds. The Bertz CT molecular complexity index is 1090. The lowest BCUT2D eigenvalue weighted by Crippen LogP contribution is -2.27. The fraction of sp³-hybridized carbons (Fsp3) is 0.100. The molecule has 8 nitrogen and oxygen atoms in total. The number of halogens is 2. The smallest absolute Gasteiger partial charge is 0.321 e. The van der Waals surface area contributed by atoms with E-state index in [1.807, 2.05) is 0 Å². The van der Waals surface area contributed by atoms with Crippen LogP contribution in [0, 0.1) is 0 Å². The van der Waals surface area contributed by atoms with E-state index in [0.717, 1.165) is 5.69 Å². The number of urea groups is 1. The molecule has 152 valence electrons. The zero-order chi connectivity index (χ0) is 21.1. The minimum atomic E-state index is -0.429. The Kier molecular flexibility index (Phi) is 5.69. The number of nitrogens with one attached hydrogen (secondary N) is 2. The van der Waals surface area contributed by atoms with Gasteiger partial charge in [-0.1, -0.05) is 29.3 Å². The van der Waals surface area contributed by atoms with Gasteiger partial charge in [0.1, 0.15) is 10.8 Å². The van der Waals surface area contributed by atoms with Gasteiger partial charge in [0.15, 0.2) is 5.69 Å². The van der Waals surface area contributed by atoms with Gasteiger partial charge in [-0.05, 0) is 42.5 Å². The average molecular weight is 444 g/mol. The largest absolute Gasteiger partial charge is 0.436 e. The van der Waals surface area contributed by atoms with Gasteiger partial charge in [0, 0.05) is 30.5 Å². The van der Waals surface area contributed by atoms with E-state index in [-0.39, 0.29) is 22.6 Å². The SMILES string of the molecule is O=C(Nc1ccc(N2CCNC2=O)cc1)c1ccc(Oc2cccc(Cl)c2Cl)nn1. The molecular weight excluding hydrogens is 429 g/mol. The van der Waals surface area contributed by atoms with Crippen LogP contribution in [0.4, 0.5) is 16.2 Å². The van der Waals surface area contributed by atoms with Gasteiger partial charge >= 0.3 is 6.03 Å². The maximum absolute atomic E-state index is 12.4. The Balaban J connectivity index is 1.40. The number of rotatable bonds is 5. The molecule has 4 rings (SSSR count). The minimum Gasteiger partial charge on any atom is -0.436 e. The lowest BCUT2D eigenvalue weighted by molar-refractivity contribution is 0.102. The molecule has 1 aliphatic heterocycles. The van der Waals surface area contributed by atoms with Crippen molar-refractivity contribution in [3.8, 4) is 11.6 Å². The van der Waals surface area contributed by atoms with Crippen LogP contribution in [0.1, 0.15) is 10.5 Å². The molecule has 2 N–H and O–H groups in total. The van der Waals surface area contributed by atoms with Gasteiger partial charge in [-0.25, -0.2) is 4.79 Å². The second kappa shape index (κ2) is 8.56. The molecule has 1 aromatic heterocycles. The molecule has 3 aromatic rings. The summed E-state index contributed by atoms with van der Waals surface area (Å²) >= 11 is 12.0. The molecule has 0 bridgehead atoms. The maximum atomic E-state index is 12.4. The molecular formula is C20H15Cl2N5O3. The number of hydrogen-bond donors (Lipinski definition) is 2. The molecule has 0 atom stereocenters. The zero-order valence-electron chi connectivity index (χ0n) is 15.4. The topological polar surface area (TPSA) is 96.5 Å². The Labute approximate surface area is 181 Å². The summed E-state index contributed by atoms with van der Waals surface area (Å²) in [5, 5.41) is 13.9. The molecule has 2 aromatic carbocycles. The van der Waals surface area contributed by atoms with Crippen LogP contribution in [0.25, 0.3) is 0 Å². The first-order valence-electron chi connectivity index (χ1n) is 8.93. The molecule has 2 heterocycles. The van der Waals surface area contributed by atoms with Crippen molar-refractivity contribution in [1.82, 2.24) is 15.5 Å². The molecule has 0 radical (unpaired) electrons. The van der Waals surface area contributed by atoms with E-state index in [4.69, 9.17) is 27.9 Å². The number of hydrogen-bond acceptors (Lipinski definition) is 5. The predicted octanol–water partition coefficient (Wildman–Crippen LogP) is 4.36. The van der Waals surface area contributed by atoms with Crippen LogP contribution in [-0.4, -0.2) is 35.2 Å². The van der Waals surface area contributed by atoms with E-state index >= 15 is 0 Å². The monoisotopic (exact) mass is 443 g/mol. The molecule has 0 saturated carbocycles. The minimum absolute atomic E-state index is 0.113. The van der Waals surface area contributed by atoms with Gasteiger partial charge in [0.2, 0.25) is 5.88 Å². The van der Waals surface area contributed by atoms with Gasteiger partial charge in [-0.2, -0.15) is 0 Å². The van der Waals surface area contributed by atoms with Gasteiger partial charge in [0.05, 0.1) is 5.02 Å². The van der Waals surface area contributed by atoms with Crippen molar-refractivity contribution < 1.29 is 14.3 Å². The third-order valence-corrected chi connectivity index (χ3v) is 5.10. The molecule has 30 heavy (non-hydrogen) atoms. The first-order chi connectivity index (χ1) is 14.5. The fourth-order valence-electron chi connectivity index (χ4n) is 2.81. The summed E-state index contributed by atoms with van der Waals surface area (Å²) in [7, 11) is 0. The highest BCUT2D eigenvalue weighted by atomic mass is 35.5. The van der Waals surface area contributed by atoms with E-state index in [1.54, 1.807) is 47.4 Å². The van der Waals surface area contributed by atoms with Crippen molar-refractivity contribution in [2.24, 2.45) is 0 Å². The van der Waals surface area contributed by atoms with E-state index in [2.05, 4.69) is 20.8 Å². The number of benzene rings is 2. The Morgan fingerprint density at radius 1 is 1.07 bits per heavy atom. The highest BCUT2D eigenvalue weighted by Gasteiger charge is 2.21. The van der Waals surface area contributed by atoms with Gasteiger partial charge < -0.3 is 15.4 Å². The number of amides is 3. The van der Waals surface area contributed by atoms with Gasteiger partial charge in [-0.3, -0.25) is 9.69 Å². The highest BCUT2D eigenvalue weighted by Crippen LogP contribution is 2.33. The highest BCUT2D eigenvalue weighted by molar-refractivity contribution is 6.42. The summed E-state index contributed by atoms with van der Waals surface area (Å²) in [4.78, 5) is 25.7. The lowest BCUT2D eigenvalue weighted by atomic mass is 10.2. The number of aromatic nitrogens is 2. The summed E-state index contributed by atoms with van der Waals surface area (Å²) < 4.78 is 5.55. The molecule has 1 aliphatic rings. The third kappa shape index (κ3) is 4.29. The summed E-state index contributed by atoms with van der Waals surface area (Å²) in [6.45, 7) is 1.22. The summed E-state index contributed by atoms with van der Waals surface area (Å²) in [6.07, 6.45) is 0. The summed E-state index contributed by atoms with van der Waals surface area (Å²) in [6, 6.07) is 14.8. The van der Waals surface area contributed by atoms with Crippen molar-refractivity contribution in [3.63, 3.8) is 0 Å². The van der Waals surface area contributed by atoms with Crippen molar-refractivity contribution in [1.29, 1.82) is 0 Å². The molecule has 0 spiro atoms. The second-order valence-electron chi connectivity index (χ2n) is 6.30. The fourth-order valence-corrected chi connectivity index (χ4v) is 3.14. The van der Waals surface area contributed by atoms with Crippen LogP contribution in [0.15, 0.2) is 54.6 Å². The van der Waals surface area contributed by atoms with Crippen LogP contribution in [0.2, 0.25) is 10.0 Å². The number of anilines is 2. The number of carbonyl (C=O) groups is 2. The summed E-state index contributed by atoms with van der Waals surface area (Å²) in [5.74, 6) is 0.0768. The van der Waals surface area contributed by atoms with Crippen molar-refractivity contribution in [2.45, 2.75) is 0 Å². The van der Waals surface area contributed by atoms with Gasteiger partial charge in [-0.15, -0.1) is 10.2 Å². The predicted molar refractivity (Wildman–Crippen MR) is 114 cm³/mol. The van der Waals surface area contributed by atoms with Crippen LogP contribution in [0.3, 0.4) is 0 Å². The van der Waals surface area contributed by atoms with E-state index in [1.165, 1.54) is 12.1 Å². The normalized spacial score (nSPS) is 13.1. The number of ether oxygens (including phenoxy) is 1. The number of nitrogens with zero attached hydrogens (tertiary/aromatic N) is 3. The molecule has 0 aliphatic carbocycles. The standard InChI is InChI=1S/C20H15Cl2N5O3/c21-14-2-1-3-16(18(14)22)30-17-9-8-15(25-26-17)19(28)24-12-4-6-13(7-5-12)27-11-10-23-20(27)29/h1-9H,10-11H2,(H,23,29)(H,24,28). The van der Waals surface area contributed by atoms with E-state index in [9.17, 15) is 9.59 Å². The molecule has 0 unspecified atom stereocenters. The Hall–Kier alpha value is -3.36. The average Bonchev–Trinajstić information content (AvgIpc) is 3.18. The van der Waals surface area contributed by atoms with Crippen LogP contribution in [0.5, 0.6) is 11.6 Å². The maximum Gasteiger partial charge on any atom is 0.321 e. The van der Waals surface area contributed by atoms with Gasteiger partial charge in [0.25, 0.3) is 5.91 Å². The van der Waals surface area contributed by atoms with Crippen LogP contribution in [-0.2, 0) is 0 Å². The quantitative estimate of drug-likeness (QED) is 0.610. The molecule has 10 heteroatoms. The first kappa shape index (κ1) is 19.9. The van der Waals surface area contributed by atoms with E-state index < -0.39 is 5.91 Å². The Morgan fingerprint density at radius 3 is 2.53 bits per heavy atom. The Morgan fingerprint density at radius 2 is 1.87 bits per heavy atom. The lowest BCUT2D eigenvalue weighted by Gasteiger charge is -2.14.